The highest BCUT2D eigenvalue weighted by atomic mass is 35.5. The molecule has 0 fully saturated rings. The number of allylic oxidation sites excluding steroid dienone is 5. The molecule has 13 heavy (non-hydrogen) atoms. The summed E-state index contributed by atoms with van der Waals surface area (Å²) < 4.78 is 0. The third kappa shape index (κ3) is 11.8. The second-order valence-corrected chi connectivity index (χ2v) is 2.96. The van der Waals surface area contributed by atoms with E-state index in [0.717, 1.165) is 17.9 Å². The van der Waals surface area contributed by atoms with Crippen molar-refractivity contribution in [2.45, 2.75) is 26.7 Å². The minimum atomic E-state index is 0.759. The first-order valence-corrected chi connectivity index (χ1v) is 5.34. The van der Waals surface area contributed by atoms with Crippen molar-refractivity contribution in [3.05, 3.63) is 35.4 Å². The molecule has 0 amide bonds. The first kappa shape index (κ1) is 15.3. The molecular formula is C11H18Cl2. The lowest BCUT2D eigenvalue weighted by Crippen LogP contribution is -1.70. The monoisotopic (exact) mass is 220 g/mol. The predicted octanol–water partition coefficient (Wildman–Crippen LogP) is 4.90. The maximum atomic E-state index is 5.83. The molecule has 0 rings (SSSR count). The predicted molar refractivity (Wildman–Crippen MR) is 64.6 cm³/mol. The Bertz CT molecular complexity index is 179. The van der Waals surface area contributed by atoms with Gasteiger partial charge in [-0.3, -0.25) is 0 Å². The Kier molecular flexibility index (Phi) is 13.9. The Morgan fingerprint density at radius 2 is 1.85 bits per heavy atom. The van der Waals surface area contributed by atoms with Crippen LogP contribution in [-0.4, -0.2) is 6.38 Å². The van der Waals surface area contributed by atoms with Crippen LogP contribution in [-0.2, 0) is 0 Å². The summed E-state index contributed by atoms with van der Waals surface area (Å²) in [5, 5.41) is 0.841. The summed E-state index contributed by atoms with van der Waals surface area (Å²) in [6.45, 7) is 7.82. The topological polar surface area (TPSA) is 0 Å². The van der Waals surface area contributed by atoms with E-state index in [1.807, 2.05) is 12.2 Å². The standard InChI is InChI=1S/C10H15Cl.CH3Cl/c1-4-6-10(11)8-7-9(3)5-2;1-2/h4,7-8H,1,5-6H2,2-3H3;1H3/b9-7+,10-8+;. The zero-order valence-electron chi connectivity index (χ0n) is 8.61. The zero-order chi connectivity index (χ0) is 10.7. The molecule has 0 nitrogen and oxygen atoms in total. The van der Waals surface area contributed by atoms with Crippen molar-refractivity contribution in [2.24, 2.45) is 0 Å². The van der Waals surface area contributed by atoms with E-state index in [-0.39, 0.29) is 0 Å². The summed E-state index contributed by atoms with van der Waals surface area (Å²) in [5.41, 5.74) is 1.34. The molecule has 0 radical (unpaired) electrons. The van der Waals surface area contributed by atoms with Gasteiger partial charge in [-0.15, -0.1) is 18.2 Å². The molecule has 0 aliphatic rings. The van der Waals surface area contributed by atoms with Gasteiger partial charge in [0, 0.05) is 17.8 Å². The summed E-state index contributed by atoms with van der Waals surface area (Å²) in [4.78, 5) is 0. The fourth-order valence-electron chi connectivity index (χ4n) is 0.556. The third-order valence-electron chi connectivity index (χ3n) is 1.45. The lowest BCUT2D eigenvalue weighted by Gasteiger charge is -1.91. The van der Waals surface area contributed by atoms with Crippen LogP contribution in [0.4, 0.5) is 0 Å². The second-order valence-electron chi connectivity index (χ2n) is 2.47. The first-order chi connectivity index (χ1) is 6.20. The molecule has 0 aromatic rings. The highest BCUT2D eigenvalue weighted by molar-refractivity contribution is 6.29. The van der Waals surface area contributed by atoms with Crippen molar-refractivity contribution in [2.75, 3.05) is 6.38 Å². The number of hydrogen-bond donors (Lipinski definition) is 0. The van der Waals surface area contributed by atoms with E-state index in [1.165, 1.54) is 12.0 Å². The SMILES string of the molecule is C=CC/C(Cl)=C\C=C(/C)CC.CCl. The van der Waals surface area contributed by atoms with E-state index in [0.29, 0.717) is 0 Å². The minimum absolute atomic E-state index is 0.759. The van der Waals surface area contributed by atoms with Crippen LogP contribution in [0.2, 0.25) is 0 Å². The highest BCUT2D eigenvalue weighted by Crippen LogP contribution is 2.09. The number of rotatable bonds is 4. The van der Waals surface area contributed by atoms with Crippen LogP contribution in [0.1, 0.15) is 26.7 Å². The molecule has 0 bridgehead atoms. The molecule has 0 heterocycles. The van der Waals surface area contributed by atoms with E-state index in [2.05, 4.69) is 32.0 Å². The number of alkyl halides is 1. The van der Waals surface area contributed by atoms with E-state index < -0.39 is 0 Å². The van der Waals surface area contributed by atoms with Gasteiger partial charge in [0.1, 0.15) is 0 Å². The van der Waals surface area contributed by atoms with Crippen LogP contribution in [0.5, 0.6) is 0 Å². The highest BCUT2D eigenvalue weighted by Gasteiger charge is 1.85. The van der Waals surface area contributed by atoms with Crippen LogP contribution in [0.25, 0.3) is 0 Å². The average molecular weight is 221 g/mol. The van der Waals surface area contributed by atoms with Crippen molar-refractivity contribution in [3.8, 4) is 0 Å². The summed E-state index contributed by atoms with van der Waals surface area (Å²) in [5.74, 6) is 0. The molecule has 0 aromatic heterocycles. The first-order valence-electron chi connectivity index (χ1n) is 4.21. The number of hydrogen-bond acceptors (Lipinski definition) is 0. The Balaban J connectivity index is 0. The van der Waals surface area contributed by atoms with Gasteiger partial charge in [0.25, 0.3) is 0 Å². The van der Waals surface area contributed by atoms with Gasteiger partial charge < -0.3 is 0 Å². The lowest BCUT2D eigenvalue weighted by molar-refractivity contribution is 1.10. The van der Waals surface area contributed by atoms with Gasteiger partial charge in [0.05, 0.1) is 0 Å². The van der Waals surface area contributed by atoms with Crippen LogP contribution in [0.3, 0.4) is 0 Å². The van der Waals surface area contributed by atoms with Crippen molar-refractivity contribution in [1.29, 1.82) is 0 Å². The smallest absolute Gasteiger partial charge is 0.0218 e. The molecule has 0 aliphatic carbocycles. The minimum Gasteiger partial charge on any atom is -0.130 e. The molecular weight excluding hydrogens is 203 g/mol. The molecule has 0 spiro atoms. The molecule has 2 heteroatoms. The van der Waals surface area contributed by atoms with E-state index >= 15 is 0 Å². The summed E-state index contributed by atoms with van der Waals surface area (Å²) in [6.07, 6.45) is 9.09. The van der Waals surface area contributed by atoms with Gasteiger partial charge in [0.2, 0.25) is 0 Å². The van der Waals surface area contributed by atoms with Gasteiger partial charge in [0.15, 0.2) is 0 Å². The fraction of sp³-hybridized carbons (Fsp3) is 0.455. The average Bonchev–Trinajstić information content (AvgIpc) is 2.18. The Morgan fingerprint density at radius 3 is 2.23 bits per heavy atom. The van der Waals surface area contributed by atoms with Gasteiger partial charge in [-0.1, -0.05) is 36.2 Å². The van der Waals surface area contributed by atoms with Crippen LogP contribution < -0.4 is 0 Å². The summed E-state index contributed by atoms with van der Waals surface area (Å²) >= 11 is 10.5. The van der Waals surface area contributed by atoms with E-state index in [4.69, 9.17) is 11.6 Å². The quantitative estimate of drug-likeness (QED) is 0.360. The molecule has 0 aromatic carbocycles. The van der Waals surface area contributed by atoms with Crippen molar-refractivity contribution in [1.82, 2.24) is 0 Å². The molecule has 0 saturated carbocycles. The molecule has 0 aliphatic heterocycles. The van der Waals surface area contributed by atoms with E-state index in [9.17, 15) is 0 Å². The van der Waals surface area contributed by atoms with Gasteiger partial charge in [-0.05, 0) is 19.4 Å². The Morgan fingerprint density at radius 1 is 1.31 bits per heavy atom. The van der Waals surface area contributed by atoms with Gasteiger partial charge in [-0.25, -0.2) is 0 Å². The van der Waals surface area contributed by atoms with Crippen LogP contribution in [0, 0.1) is 0 Å². The normalized spacial score (nSPS) is 11.8. The third-order valence-corrected chi connectivity index (χ3v) is 1.73. The van der Waals surface area contributed by atoms with Crippen LogP contribution in [0.15, 0.2) is 35.4 Å². The van der Waals surface area contributed by atoms with Gasteiger partial charge >= 0.3 is 0 Å². The lowest BCUT2D eigenvalue weighted by atomic mass is 10.2. The van der Waals surface area contributed by atoms with Crippen molar-refractivity contribution in [3.63, 3.8) is 0 Å². The molecule has 0 unspecified atom stereocenters. The zero-order valence-corrected chi connectivity index (χ0v) is 10.1. The second kappa shape index (κ2) is 11.8. The maximum absolute atomic E-state index is 5.83. The Hall–Kier alpha value is -0.200. The summed E-state index contributed by atoms with van der Waals surface area (Å²) in [7, 11) is 0. The van der Waals surface area contributed by atoms with Crippen LogP contribution >= 0.6 is 23.2 Å². The molecule has 0 saturated heterocycles. The Labute approximate surface area is 91.9 Å². The fourth-order valence-corrected chi connectivity index (χ4v) is 0.729. The van der Waals surface area contributed by atoms with Crippen molar-refractivity contribution >= 4 is 23.2 Å². The molecule has 0 N–H and O–H groups in total. The van der Waals surface area contributed by atoms with E-state index in [1.54, 1.807) is 6.08 Å². The maximum Gasteiger partial charge on any atom is 0.0218 e. The van der Waals surface area contributed by atoms with Crippen molar-refractivity contribution < 1.29 is 0 Å². The largest absolute Gasteiger partial charge is 0.130 e. The number of halogens is 2. The van der Waals surface area contributed by atoms with Gasteiger partial charge in [-0.2, -0.15) is 0 Å². The summed E-state index contributed by atoms with van der Waals surface area (Å²) in [6, 6.07) is 0. The molecule has 76 valence electrons. The molecule has 0 atom stereocenters.